The second-order valence-corrected chi connectivity index (χ2v) is 4.04. The highest BCUT2D eigenvalue weighted by Crippen LogP contribution is 2.09. The van der Waals surface area contributed by atoms with Crippen molar-refractivity contribution in [2.45, 2.75) is 33.2 Å². The van der Waals surface area contributed by atoms with Crippen LogP contribution >= 0.6 is 0 Å². The lowest BCUT2D eigenvalue weighted by atomic mass is 10.2. The molecule has 3 N–H and O–H groups in total. The Balaban J connectivity index is 2.25. The minimum atomic E-state index is 0.541. The molecule has 0 saturated carbocycles. The summed E-state index contributed by atoms with van der Waals surface area (Å²) in [6.07, 6.45) is 2.30. The highest BCUT2D eigenvalue weighted by molar-refractivity contribution is 5.38. The van der Waals surface area contributed by atoms with Gasteiger partial charge in [-0.2, -0.15) is 0 Å². The van der Waals surface area contributed by atoms with Crippen molar-refractivity contribution in [3.63, 3.8) is 0 Å². The molecule has 0 unspecified atom stereocenters. The molecule has 0 bridgehead atoms. The van der Waals surface area contributed by atoms with Crippen LogP contribution in [0.25, 0.3) is 0 Å². The first-order chi connectivity index (χ1) is 8.27. The van der Waals surface area contributed by atoms with Gasteiger partial charge in [0, 0.05) is 25.4 Å². The normalized spacial score (nSPS) is 10.5. The van der Waals surface area contributed by atoms with E-state index >= 15 is 0 Å². The van der Waals surface area contributed by atoms with Crippen LogP contribution in [0.1, 0.15) is 31.0 Å². The third kappa shape index (κ3) is 5.15. The van der Waals surface area contributed by atoms with Gasteiger partial charge in [0.15, 0.2) is 0 Å². The molecule has 4 heteroatoms. The highest BCUT2D eigenvalue weighted by Gasteiger charge is 1.99. The summed E-state index contributed by atoms with van der Waals surface area (Å²) < 4.78 is 5.46. The number of hydrogen-bond acceptors (Lipinski definition) is 4. The summed E-state index contributed by atoms with van der Waals surface area (Å²) in [7, 11) is 0. The molecular formula is C13H23N3O. The second kappa shape index (κ2) is 8.03. The number of nitrogens with zero attached hydrogens (tertiary/aromatic N) is 1. The number of anilines is 1. The first-order valence-electron chi connectivity index (χ1n) is 6.26. The number of nitrogens with two attached hydrogens (primary N) is 1. The first-order valence-corrected chi connectivity index (χ1v) is 6.26. The van der Waals surface area contributed by atoms with Gasteiger partial charge < -0.3 is 15.8 Å². The van der Waals surface area contributed by atoms with Crippen molar-refractivity contribution in [1.29, 1.82) is 0 Å². The first kappa shape index (κ1) is 13.9. The SMILES string of the molecule is CCCCOCCNc1ccc(CN)c(C)n1. The minimum absolute atomic E-state index is 0.541. The summed E-state index contributed by atoms with van der Waals surface area (Å²) in [6, 6.07) is 3.98. The van der Waals surface area contributed by atoms with Crippen molar-refractivity contribution in [3.8, 4) is 0 Å². The van der Waals surface area contributed by atoms with Gasteiger partial charge in [-0.1, -0.05) is 19.4 Å². The topological polar surface area (TPSA) is 60.2 Å². The van der Waals surface area contributed by atoms with E-state index in [4.69, 9.17) is 10.5 Å². The van der Waals surface area contributed by atoms with Gasteiger partial charge in [0.2, 0.25) is 0 Å². The Bertz CT molecular complexity index is 328. The number of rotatable bonds is 8. The predicted octanol–water partition coefficient (Wildman–Crippen LogP) is 2.08. The van der Waals surface area contributed by atoms with Crippen LogP contribution in [0, 0.1) is 6.92 Å². The van der Waals surface area contributed by atoms with Crippen LogP contribution in [-0.4, -0.2) is 24.7 Å². The number of aromatic nitrogens is 1. The van der Waals surface area contributed by atoms with Crippen LogP contribution in [-0.2, 0) is 11.3 Å². The Hall–Kier alpha value is -1.13. The fourth-order valence-corrected chi connectivity index (χ4v) is 1.50. The maximum atomic E-state index is 5.59. The van der Waals surface area contributed by atoms with Crippen LogP contribution in [0.3, 0.4) is 0 Å². The molecule has 0 spiro atoms. The molecule has 0 saturated heterocycles. The molecule has 0 radical (unpaired) electrons. The van der Waals surface area contributed by atoms with E-state index in [0.717, 1.165) is 43.3 Å². The van der Waals surface area contributed by atoms with Gasteiger partial charge in [-0.15, -0.1) is 0 Å². The van der Waals surface area contributed by atoms with Crippen molar-refractivity contribution in [3.05, 3.63) is 23.4 Å². The third-order valence-corrected chi connectivity index (χ3v) is 2.61. The summed E-state index contributed by atoms with van der Waals surface area (Å²) >= 11 is 0. The standard InChI is InChI=1S/C13H23N3O/c1-3-4-8-17-9-7-15-13-6-5-12(10-14)11(2)16-13/h5-6H,3-4,7-10,14H2,1-2H3,(H,15,16). The molecule has 1 aromatic heterocycles. The van der Waals surface area contributed by atoms with E-state index in [1.165, 1.54) is 6.42 Å². The maximum Gasteiger partial charge on any atom is 0.126 e. The lowest BCUT2D eigenvalue weighted by Crippen LogP contribution is -2.12. The van der Waals surface area contributed by atoms with Crippen LogP contribution in [0.4, 0.5) is 5.82 Å². The van der Waals surface area contributed by atoms with Crippen molar-refractivity contribution in [2.24, 2.45) is 5.73 Å². The Morgan fingerprint density at radius 2 is 2.18 bits per heavy atom. The molecule has 0 amide bonds. The van der Waals surface area contributed by atoms with E-state index in [1.54, 1.807) is 0 Å². The van der Waals surface area contributed by atoms with Gasteiger partial charge in [-0.05, 0) is 25.0 Å². The van der Waals surface area contributed by atoms with Crippen LogP contribution in [0.15, 0.2) is 12.1 Å². The Morgan fingerprint density at radius 1 is 1.35 bits per heavy atom. The summed E-state index contributed by atoms with van der Waals surface area (Å²) in [5.74, 6) is 0.888. The van der Waals surface area contributed by atoms with Gasteiger partial charge in [0.1, 0.15) is 5.82 Å². The minimum Gasteiger partial charge on any atom is -0.380 e. The summed E-state index contributed by atoms with van der Waals surface area (Å²) in [6.45, 7) is 7.03. The molecule has 0 aliphatic carbocycles. The van der Waals surface area contributed by atoms with Gasteiger partial charge in [0.25, 0.3) is 0 Å². The van der Waals surface area contributed by atoms with E-state index < -0.39 is 0 Å². The largest absolute Gasteiger partial charge is 0.380 e. The third-order valence-electron chi connectivity index (χ3n) is 2.61. The van der Waals surface area contributed by atoms with Crippen molar-refractivity contribution in [1.82, 2.24) is 4.98 Å². The number of pyridine rings is 1. The predicted molar refractivity (Wildman–Crippen MR) is 71.1 cm³/mol. The number of nitrogens with one attached hydrogen (secondary N) is 1. The zero-order chi connectivity index (χ0) is 12.5. The fourth-order valence-electron chi connectivity index (χ4n) is 1.50. The quantitative estimate of drug-likeness (QED) is 0.680. The number of ether oxygens (including phenoxy) is 1. The molecule has 1 heterocycles. The second-order valence-electron chi connectivity index (χ2n) is 4.04. The van der Waals surface area contributed by atoms with E-state index in [2.05, 4.69) is 17.2 Å². The van der Waals surface area contributed by atoms with Gasteiger partial charge >= 0.3 is 0 Å². The van der Waals surface area contributed by atoms with Crippen molar-refractivity contribution < 1.29 is 4.74 Å². The molecule has 0 fully saturated rings. The summed E-state index contributed by atoms with van der Waals surface area (Å²) in [5, 5.41) is 3.24. The van der Waals surface area contributed by atoms with E-state index in [0.29, 0.717) is 6.54 Å². The average molecular weight is 237 g/mol. The maximum absolute atomic E-state index is 5.59. The van der Waals surface area contributed by atoms with Crippen molar-refractivity contribution in [2.75, 3.05) is 25.1 Å². The molecule has 1 aromatic rings. The van der Waals surface area contributed by atoms with Gasteiger partial charge in [-0.25, -0.2) is 4.98 Å². The molecule has 0 atom stereocenters. The molecule has 0 aliphatic heterocycles. The number of unbranched alkanes of at least 4 members (excludes halogenated alkanes) is 1. The summed E-state index contributed by atoms with van der Waals surface area (Å²) in [5.41, 5.74) is 7.67. The van der Waals surface area contributed by atoms with E-state index in [1.807, 2.05) is 19.1 Å². The van der Waals surface area contributed by atoms with E-state index in [9.17, 15) is 0 Å². The molecule has 0 aliphatic rings. The number of aryl methyl sites for hydroxylation is 1. The fraction of sp³-hybridized carbons (Fsp3) is 0.615. The lowest BCUT2D eigenvalue weighted by molar-refractivity contribution is 0.141. The lowest BCUT2D eigenvalue weighted by Gasteiger charge is -2.08. The van der Waals surface area contributed by atoms with Gasteiger partial charge in [-0.3, -0.25) is 0 Å². The Morgan fingerprint density at radius 3 is 2.82 bits per heavy atom. The zero-order valence-electron chi connectivity index (χ0n) is 10.8. The molecule has 4 nitrogen and oxygen atoms in total. The Kier molecular flexibility index (Phi) is 6.58. The summed E-state index contributed by atoms with van der Waals surface area (Å²) in [4.78, 5) is 4.43. The monoisotopic (exact) mass is 237 g/mol. The zero-order valence-corrected chi connectivity index (χ0v) is 10.8. The van der Waals surface area contributed by atoms with E-state index in [-0.39, 0.29) is 0 Å². The van der Waals surface area contributed by atoms with Crippen molar-refractivity contribution >= 4 is 5.82 Å². The molecule has 1 rings (SSSR count). The van der Waals surface area contributed by atoms with Crippen LogP contribution in [0.2, 0.25) is 0 Å². The smallest absolute Gasteiger partial charge is 0.126 e. The molecule has 0 aromatic carbocycles. The average Bonchev–Trinajstić information content (AvgIpc) is 2.34. The molecule has 96 valence electrons. The number of hydrogen-bond donors (Lipinski definition) is 2. The van der Waals surface area contributed by atoms with Crippen LogP contribution < -0.4 is 11.1 Å². The molecule has 17 heavy (non-hydrogen) atoms. The molecular weight excluding hydrogens is 214 g/mol. The van der Waals surface area contributed by atoms with Crippen LogP contribution in [0.5, 0.6) is 0 Å². The highest BCUT2D eigenvalue weighted by atomic mass is 16.5. The Labute approximate surface area is 104 Å². The van der Waals surface area contributed by atoms with Gasteiger partial charge in [0.05, 0.1) is 6.61 Å².